The number of benzene rings is 3. The number of aromatic hydroxyl groups is 1. The number of carbonyl (C=O) groups excluding carboxylic acids is 1. The summed E-state index contributed by atoms with van der Waals surface area (Å²) < 4.78 is 13.6. The number of halogens is 1. The van der Waals surface area contributed by atoms with Crippen LogP contribution in [0.1, 0.15) is 6.92 Å². The number of aromatic amines is 1. The Hall–Kier alpha value is -4.93. The van der Waals surface area contributed by atoms with E-state index in [1.807, 2.05) is 6.07 Å². The lowest BCUT2D eigenvalue weighted by atomic mass is 10.0. The zero-order chi connectivity index (χ0) is 23.7. The molecule has 10 nitrogen and oxygen atoms in total. The summed E-state index contributed by atoms with van der Waals surface area (Å²) in [6.07, 6.45) is 0. The van der Waals surface area contributed by atoms with Crippen LogP contribution in [0.4, 0.5) is 15.8 Å². The Bertz CT molecular complexity index is 1450. The molecule has 34 heavy (non-hydrogen) atoms. The van der Waals surface area contributed by atoms with E-state index >= 15 is 0 Å². The second kappa shape index (κ2) is 8.54. The smallest absolute Gasteiger partial charge is 0.301 e. The van der Waals surface area contributed by atoms with E-state index in [9.17, 15) is 14.3 Å². The molecule has 4 aromatic rings. The number of hydrogen-bond acceptors (Lipinski definition) is 8. The lowest BCUT2D eigenvalue weighted by molar-refractivity contribution is -0.112. The number of tetrazole rings is 1. The topological polar surface area (TPSA) is 132 Å². The van der Waals surface area contributed by atoms with Crippen molar-refractivity contribution in [3.05, 3.63) is 72.5 Å². The fourth-order valence-corrected chi connectivity index (χ4v) is 3.53. The van der Waals surface area contributed by atoms with E-state index in [1.165, 1.54) is 18.2 Å². The van der Waals surface area contributed by atoms with Crippen molar-refractivity contribution in [3.63, 3.8) is 0 Å². The third-order valence-corrected chi connectivity index (χ3v) is 5.15. The average molecular weight is 456 g/mol. The maximum absolute atomic E-state index is 13.6. The summed E-state index contributed by atoms with van der Waals surface area (Å²) in [5, 5.41) is 33.9. The van der Waals surface area contributed by atoms with Gasteiger partial charge in [0.1, 0.15) is 11.6 Å². The molecular formula is C23H17FN8O2. The number of para-hydroxylation sites is 1. The molecule has 0 spiro atoms. The first kappa shape index (κ1) is 20.9. The van der Waals surface area contributed by atoms with Gasteiger partial charge in [0.25, 0.3) is 0 Å². The second-order valence-electron chi connectivity index (χ2n) is 7.39. The minimum absolute atomic E-state index is 0.0178. The van der Waals surface area contributed by atoms with Crippen LogP contribution in [0.5, 0.6) is 5.75 Å². The van der Waals surface area contributed by atoms with Crippen molar-refractivity contribution < 1.29 is 14.3 Å². The van der Waals surface area contributed by atoms with Crippen molar-refractivity contribution in [2.24, 2.45) is 10.2 Å². The number of aromatic nitrogens is 4. The minimum Gasteiger partial charge on any atom is -0.507 e. The fourth-order valence-electron chi connectivity index (χ4n) is 3.53. The first-order valence-electron chi connectivity index (χ1n) is 10.2. The van der Waals surface area contributed by atoms with Crippen LogP contribution in [-0.4, -0.2) is 43.1 Å². The lowest BCUT2D eigenvalue weighted by Crippen LogP contribution is -2.28. The van der Waals surface area contributed by atoms with Gasteiger partial charge in [-0.2, -0.15) is 15.2 Å². The zero-order valence-electron chi connectivity index (χ0n) is 17.8. The highest BCUT2D eigenvalue weighted by atomic mass is 19.1. The summed E-state index contributed by atoms with van der Waals surface area (Å²) in [5.74, 6) is -0.579. The molecule has 0 bridgehead atoms. The van der Waals surface area contributed by atoms with Crippen LogP contribution in [0, 0.1) is 5.82 Å². The Morgan fingerprint density at radius 2 is 1.85 bits per heavy atom. The SMILES string of the molecule is CC1=NN(c2cccc(F)c2)C(=O)C1=NNc1cccc(-c2cccc(-c3nnn[nH]3)c2O)c1. The van der Waals surface area contributed by atoms with Gasteiger partial charge < -0.3 is 5.11 Å². The molecule has 5 rings (SSSR count). The van der Waals surface area contributed by atoms with Crippen LogP contribution in [-0.2, 0) is 4.79 Å². The van der Waals surface area contributed by atoms with Crippen LogP contribution in [0.25, 0.3) is 22.5 Å². The Morgan fingerprint density at radius 3 is 2.65 bits per heavy atom. The molecule has 1 aromatic heterocycles. The molecule has 11 heteroatoms. The Morgan fingerprint density at radius 1 is 1.06 bits per heavy atom. The zero-order valence-corrected chi connectivity index (χ0v) is 17.8. The summed E-state index contributed by atoms with van der Waals surface area (Å²) in [6.45, 7) is 1.65. The van der Waals surface area contributed by atoms with Crippen molar-refractivity contribution in [2.45, 2.75) is 6.92 Å². The van der Waals surface area contributed by atoms with E-state index in [2.05, 4.69) is 36.3 Å². The van der Waals surface area contributed by atoms with Gasteiger partial charge in [-0.25, -0.2) is 9.49 Å². The number of hydrogen-bond donors (Lipinski definition) is 3. The van der Waals surface area contributed by atoms with Crippen LogP contribution in [0.15, 0.2) is 76.9 Å². The first-order chi connectivity index (χ1) is 16.5. The maximum atomic E-state index is 13.6. The van der Waals surface area contributed by atoms with Gasteiger partial charge in [0, 0.05) is 5.56 Å². The molecular weight excluding hydrogens is 439 g/mol. The minimum atomic E-state index is -0.474. The van der Waals surface area contributed by atoms with Gasteiger partial charge in [-0.3, -0.25) is 10.2 Å². The molecule has 0 saturated carbocycles. The molecule has 0 unspecified atom stereocenters. The van der Waals surface area contributed by atoms with Gasteiger partial charge in [-0.1, -0.05) is 30.3 Å². The largest absolute Gasteiger partial charge is 0.507 e. The van der Waals surface area contributed by atoms with Crippen LogP contribution in [0.3, 0.4) is 0 Å². The van der Waals surface area contributed by atoms with Crippen molar-refractivity contribution in [2.75, 3.05) is 10.4 Å². The Balaban J connectivity index is 1.40. The van der Waals surface area contributed by atoms with E-state index in [-0.39, 0.29) is 11.5 Å². The Labute approximate surface area is 192 Å². The lowest BCUT2D eigenvalue weighted by Gasteiger charge is -2.11. The first-order valence-corrected chi connectivity index (χ1v) is 10.2. The van der Waals surface area contributed by atoms with Gasteiger partial charge >= 0.3 is 5.91 Å². The molecule has 1 aliphatic heterocycles. The molecule has 1 amide bonds. The molecule has 3 N–H and O–H groups in total. The molecule has 0 saturated heterocycles. The normalized spacial score (nSPS) is 14.5. The molecule has 2 heterocycles. The Kier molecular flexibility index (Phi) is 5.26. The van der Waals surface area contributed by atoms with Crippen LogP contribution < -0.4 is 10.4 Å². The van der Waals surface area contributed by atoms with Gasteiger partial charge in [-0.15, -0.1) is 5.10 Å². The predicted molar refractivity (Wildman–Crippen MR) is 125 cm³/mol. The van der Waals surface area contributed by atoms with E-state index < -0.39 is 11.7 Å². The van der Waals surface area contributed by atoms with E-state index in [4.69, 9.17) is 0 Å². The number of amides is 1. The summed E-state index contributed by atoms with van der Waals surface area (Å²) in [7, 11) is 0. The maximum Gasteiger partial charge on any atom is 0.301 e. The van der Waals surface area contributed by atoms with Gasteiger partial charge in [0.05, 0.1) is 22.6 Å². The third kappa shape index (κ3) is 3.86. The number of nitrogens with one attached hydrogen (secondary N) is 2. The van der Waals surface area contributed by atoms with Crippen molar-refractivity contribution >= 4 is 28.7 Å². The highest BCUT2D eigenvalue weighted by Crippen LogP contribution is 2.37. The monoisotopic (exact) mass is 456 g/mol. The van der Waals surface area contributed by atoms with Crippen molar-refractivity contribution in [3.8, 4) is 28.3 Å². The molecule has 0 fully saturated rings. The summed E-state index contributed by atoms with van der Waals surface area (Å²) in [5.41, 5.74) is 6.00. The molecule has 1 aliphatic rings. The van der Waals surface area contributed by atoms with Crippen LogP contribution >= 0.6 is 0 Å². The van der Waals surface area contributed by atoms with Crippen molar-refractivity contribution in [1.29, 1.82) is 0 Å². The predicted octanol–water partition coefficient (Wildman–Crippen LogP) is 3.57. The molecule has 0 atom stereocenters. The summed E-state index contributed by atoms with van der Waals surface area (Å²) in [4.78, 5) is 12.8. The fraction of sp³-hybridized carbons (Fsp3) is 0.0435. The third-order valence-electron chi connectivity index (χ3n) is 5.15. The number of hydrazone groups is 2. The van der Waals surface area contributed by atoms with Crippen molar-refractivity contribution in [1.82, 2.24) is 20.6 Å². The number of phenolic OH excluding ortho intramolecular Hbond substituents is 1. The van der Waals surface area contributed by atoms with Gasteiger partial charge in [0.15, 0.2) is 11.5 Å². The van der Waals surface area contributed by atoms with Crippen LogP contribution in [0.2, 0.25) is 0 Å². The molecule has 3 aromatic carbocycles. The number of anilines is 2. The van der Waals surface area contributed by atoms with Gasteiger partial charge in [-0.05, 0) is 59.3 Å². The highest BCUT2D eigenvalue weighted by Gasteiger charge is 2.31. The standard InChI is InChI=1S/C23H17FN8O2/c1-13-20(23(34)32(29-13)17-8-3-6-15(24)12-17)26-25-16-7-2-5-14(11-16)18-9-4-10-19(21(18)33)22-27-30-31-28-22/h2-12,25,33H,1H3,(H,27,28,30,31). The summed E-state index contributed by atoms with van der Waals surface area (Å²) in [6, 6.07) is 18.0. The molecule has 168 valence electrons. The quantitative estimate of drug-likeness (QED) is 0.394. The number of H-pyrrole nitrogens is 1. The summed E-state index contributed by atoms with van der Waals surface area (Å²) >= 11 is 0. The van der Waals surface area contributed by atoms with E-state index in [0.29, 0.717) is 39.6 Å². The molecule has 0 radical (unpaired) electrons. The average Bonchev–Trinajstić information content (AvgIpc) is 3.46. The van der Waals surface area contributed by atoms with E-state index in [0.717, 1.165) is 5.01 Å². The number of nitrogens with zero attached hydrogens (tertiary/aromatic N) is 6. The number of phenols is 1. The second-order valence-corrected chi connectivity index (χ2v) is 7.39. The van der Waals surface area contributed by atoms with Gasteiger partial charge in [0.2, 0.25) is 0 Å². The number of carbonyl (C=O) groups is 1. The van der Waals surface area contributed by atoms with E-state index in [1.54, 1.807) is 49.4 Å². The molecule has 0 aliphatic carbocycles. The number of rotatable bonds is 5. The highest BCUT2D eigenvalue weighted by molar-refractivity contribution is 6.71.